The van der Waals surface area contributed by atoms with Crippen molar-refractivity contribution in [3.05, 3.63) is 152 Å². The molecule has 1 unspecified atom stereocenters. The summed E-state index contributed by atoms with van der Waals surface area (Å²) in [6.45, 7) is 13.5. The summed E-state index contributed by atoms with van der Waals surface area (Å²) in [4.78, 5) is 0. The van der Waals surface area contributed by atoms with E-state index >= 15 is 0 Å². The van der Waals surface area contributed by atoms with Crippen molar-refractivity contribution in [1.29, 1.82) is 0 Å². The van der Waals surface area contributed by atoms with E-state index in [0.717, 1.165) is 37.1 Å². The monoisotopic (exact) mass is 854 g/mol. The first-order chi connectivity index (χ1) is 24.4. The van der Waals surface area contributed by atoms with Gasteiger partial charge in [-0.3, -0.25) is 0 Å². The van der Waals surface area contributed by atoms with Gasteiger partial charge in [-0.25, -0.2) is 0 Å². The first kappa shape index (κ1) is 40.7. The zero-order valence-electron chi connectivity index (χ0n) is 30.8. The second-order valence-electron chi connectivity index (χ2n) is 16.2. The molecule has 8 rings (SSSR count). The summed E-state index contributed by atoms with van der Waals surface area (Å²) in [6.07, 6.45) is 9.82. The Balaban J connectivity index is 0.00000249. The van der Waals surface area contributed by atoms with Crippen molar-refractivity contribution >= 4 is 26.0 Å². The molecule has 0 aliphatic heterocycles. The Hall–Kier alpha value is -2.99. The van der Waals surface area contributed by atoms with Gasteiger partial charge < -0.3 is 24.8 Å². The van der Waals surface area contributed by atoms with Gasteiger partial charge in [0.1, 0.15) is 0 Å². The van der Waals surface area contributed by atoms with Crippen LogP contribution in [0.3, 0.4) is 0 Å². The van der Waals surface area contributed by atoms with Crippen LogP contribution in [0, 0.1) is 5.41 Å². The Morgan fingerprint density at radius 3 is 1.91 bits per heavy atom. The Morgan fingerprint density at radius 1 is 0.778 bits per heavy atom. The first-order valence-corrected chi connectivity index (χ1v) is 21.9. The third kappa shape index (κ3) is 6.48. The van der Waals surface area contributed by atoms with Crippen LogP contribution in [0.25, 0.3) is 22.8 Å². The molecule has 3 aromatic rings. The van der Waals surface area contributed by atoms with Gasteiger partial charge in [0.2, 0.25) is 0 Å². The van der Waals surface area contributed by atoms with Crippen molar-refractivity contribution in [3.63, 3.8) is 0 Å². The van der Waals surface area contributed by atoms with Crippen LogP contribution in [-0.4, -0.2) is 3.21 Å². The molecular weight excluding hydrogens is 817 g/mol. The van der Waals surface area contributed by atoms with Crippen LogP contribution in [0.4, 0.5) is 26.3 Å². The van der Waals surface area contributed by atoms with Gasteiger partial charge >= 0.3 is 310 Å². The molecule has 0 fully saturated rings. The van der Waals surface area contributed by atoms with E-state index in [-0.39, 0.29) is 37.5 Å². The molecule has 3 aromatic carbocycles. The van der Waals surface area contributed by atoms with Crippen LogP contribution in [0.5, 0.6) is 0 Å². The van der Waals surface area contributed by atoms with Crippen molar-refractivity contribution in [3.8, 4) is 0 Å². The number of alkyl halides is 6. The molecule has 0 saturated heterocycles. The van der Waals surface area contributed by atoms with Crippen molar-refractivity contribution < 1.29 is 72.4 Å². The maximum absolute atomic E-state index is 14.3. The van der Waals surface area contributed by atoms with Crippen molar-refractivity contribution in [2.24, 2.45) is 5.41 Å². The Bertz CT molecular complexity index is 2340. The van der Waals surface area contributed by atoms with Crippen molar-refractivity contribution in [2.45, 2.75) is 79.4 Å². The predicted octanol–water partition coefficient (Wildman–Crippen LogP) is 5.28. The SMILES string of the molecule is CC1=CC=c2c1c1c(c3c2=C(C)[CH]([Zr+2](=[C](c2cccc(C(F)(F)F)c2)c2cccc(C(F)(F)F)c2)[CH]2C=CC=C2)C3(C)C)CC2=C1CC(C)(C)C=C2.[Cl-].[Cl-]. The van der Waals surface area contributed by atoms with Gasteiger partial charge in [0.25, 0.3) is 0 Å². The average Bonchev–Trinajstić information content (AvgIpc) is 3.84. The number of hydrogen-bond donors (Lipinski definition) is 0. The normalized spacial score (nSPS) is 19.9. The summed E-state index contributed by atoms with van der Waals surface area (Å²) in [5.41, 5.74) is 9.17. The Kier molecular flexibility index (Phi) is 10.5. The molecule has 0 amide bonds. The van der Waals surface area contributed by atoms with Gasteiger partial charge in [-0.15, -0.1) is 0 Å². The standard InChI is InChI=1S/C25H27.C15H8F6.C5H5.2ClH.Zr/c1-14-7-8-17-20(14)22-18(23-21(17)15(2)12-25(23,5)6)11-16-9-10-24(3,4)13-19(16)22;16-14(17,18)12-5-1-3-10(8-12)7-11-4-2-6-13(9-11)15(19,20)21;1-2-4-5-3-1;;;/h7-10,12H,11,13H2,1-6H3;1-6,8-9H;1-5H;2*1H;/q;;;;;+2/p-2. The number of fused-ring (bicyclic) bond motifs is 7. The van der Waals surface area contributed by atoms with Crippen LogP contribution in [0.2, 0.25) is 7.25 Å². The fourth-order valence-electron chi connectivity index (χ4n) is 9.78. The topological polar surface area (TPSA) is 0 Å². The molecule has 5 aliphatic rings. The summed E-state index contributed by atoms with van der Waals surface area (Å²) < 4.78 is 86.3. The molecule has 0 bridgehead atoms. The van der Waals surface area contributed by atoms with E-state index in [4.69, 9.17) is 0 Å². The molecule has 5 aliphatic carbocycles. The summed E-state index contributed by atoms with van der Waals surface area (Å²) in [5.74, 6) is 0. The molecule has 1 atom stereocenters. The summed E-state index contributed by atoms with van der Waals surface area (Å²) in [7, 11) is 0. The van der Waals surface area contributed by atoms with Crippen molar-refractivity contribution in [2.75, 3.05) is 0 Å². The van der Waals surface area contributed by atoms with Crippen LogP contribution in [0.15, 0.2) is 96.6 Å². The van der Waals surface area contributed by atoms with E-state index in [1.165, 1.54) is 67.1 Å². The minimum Gasteiger partial charge on any atom is -1.00 e. The molecule has 280 valence electrons. The number of hydrogen-bond acceptors (Lipinski definition) is 0. The molecule has 0 spiro atoms. The van der Waals surface area contributed by atoms with Gasteiger partial charge in [0.05, 0.1) is 0 Å². The van der Waals surface area contributed by atoms with Gasteiger partial charge in [0.15, 0.2) is 0 Å². The maximum atomic E-state index is 14.3. The Morgan fingerprint density at radius 2 is 1.35 bits per heavy atom. The second kappa shape index (κ2) is 13.9. The van der Waals surface area contributed by atoms with Crippen LogP contribution >= 0.6 is 0 Å². The number of allylic oxidation sites excluding steroid dienone is 10. The van der Waals surface area contributed by atoms with Crippen LogP contribution in [-0.2, 0) is 45.5 Å². The fraction of sp³-hybridized carbons (Fsp3) is 0.311. The smallest absolute Gasteiger partial charge is 1.00 e. The third-order valence-electron chi connectivity index (χ3n) is 11.8. The van der Waals surface area contributed by atoms with Crippen molar-refractivity contribution in [1.82, 2.24) is 0 Å². The summed E-state index contributed by atoms with van der Waals surface area (Å²) >= 11 is -3.53. The maximum Gasteiger partial charge on any atom is -1.00 e. The largest absolute Gasteiger partial charge is 1.00 e. The number of halogens is 8. The molecule has 0 nitrogen and oxygen atoms in total. The van der Waals surface area contributed by atoms with Gasteiger partial charge in [0, 0.05) is 0 Å². The summed E-state index contributed by atoms with van der Waals surface area (Å²) in [5, 5.41) is 2.44. The molecule has 0 N–H and O–H groups in total. The van der Waals surface area contributed by atoms with Gasteiger partial charge in [-0.05, 0) is 0 Å². The van der Waals surface area contributed by atoms with Gasteiger partial charge in [-0.2, -0.15) is 0 Å². The van der Waals surface area contributed by atoms with Crippen LogP contribution < -0.4 is 35.3 Å². The minimum absolute atomic E-state index is 0. The molecule has 54 heavy (non-hydrogen) atoms. The van der Waals surface area contributed by atoms with E-state index in [1.807, 2.05) is 12.2 Å². The van der Waals surface area contributed by atoms with Crippen LogP contribution in [0.1, 0.15) is 92.5 Å². The Labute approximate surface area is 332 Å². The van der Waals surface area contributed by atoms with E-state index in [9.17, 15) is 26.3 Å². The second-order valence-corrected chi connectivity index (χ2v) is 22.7. The molecule has 0 heterocycles. The zero-order valence-corrected chi connectivity index (χ0v) is 34.8. The van der Waals surface area contributed by atoms with E-state index < -0.39 is 50.2 Å². The number of benzene rings is 3. The summed E-state index contributed by atoms with van der Waals surface area (Å²) in [6, 6.07) is 10.5. The number of rotatable bonds is 4. The molecule has 0 aromatic heterocycles. The van der Waals surface area contributed by atoms with Gasteiger partial charge in [-0.1, -0.05) is 0 Å². The van der Waals surface area contributed by atoms with E-state index in [2.05, 4.69) is 78.0 Å². The quantitative estimate of drug-likeness (QED) is 0.314. The zero-order chi connectivity index (χ0) is 37.1. The average molecular weight is 857 g/mol. The predicted molar refractivity (Wildman–Crippen MR) is 196 cm³/mol. The van der Waals surface area contributed by atoms with E-state index in [0.29, 0.717) is 14.3 Å². The molecule has 0 radical (unpaired) electrons. The minimum atomic E-state index is -4.60. The molecule has 9 heteroatoms. The first-order valence-electron chi connectivity index (χ1n) is 17.8. The van der Waals surface area contributed by atoms with E-state index in [1.54, 1.807) is 12.1 Å². The third-order valence-corrected chi connectivity index (χ3v) is 21.7. The molecular formula is C45H40Cl2F6Zr. The molecule has 0 saturated carbocycles. The fourth-order valence-corrected chi connectivity index (χ4v) is 20.0.